The smallest absolute Gasteiger partial charge is 0.269 e. The average molecular weight is 256 g/mol. The Kier molecular flexibility index (Phi) is 3.56. The van der Waals surface area contributed by atoms with Gasteiger partial charge in [-0.1, -0.05) is 11.6 Å². The first kappa shape index (κ1) is 12.8. The molecule has 0 heterocycles. The van der Waals surface area contributed by atoms with E-state index in [9.17, 15) is 15.2 Å². The van der Waals surface area contributed by atoms with E-state index in [-0.39, 0.29) is 11.4 Å². The van der Waals surface area contributed by atoms with Crippen molar-refractivity contribution in [2.24, 2.45) is 4.99 Å². The Hall–Kier alpha value is -2.69. The quantitative estimate of drug-likeness (QED) is 0.519. The summed E-state index contributed by atoms with van der Waals surface area (Å²) in [6.07, 6.45) is 1.53. The lowest BCUT2D eigenvalue weighted by Gasteiger charge is -2.00. The molecule has 2 rings (SSSR count). The van der Waals surface area contributed by atoms with E-state index < -0.39 is 4.92 Å². The monoisotopic (exact) mass is 256 g/mol. The Morgan fingerprint density at radius 2 is 1.89 bits per heavy atom. The normalized spacial score (nSPS) is 10.8. The molecule has 0 aromatic heterocycles. The highest BCUT2D eigenvalue weighted by atomic mass is 16.6. The molecule has 2 aromatic rings. The Labute approximate surface area is 110 Å². The first-order chi connectivity index (χ1) is 9.06. The van der Waals surface area contributed by atoms with Crippen molar-refractivity contribution >= 4 is 17.6 Å². The molecule has 0 fully saturated rings. The first-order valence-electron chi connectivity index (χ1n) is 5.64. The number of aromatic hydroxyl groups is 1. The highest BCUT2D eigenvalue weighted by Crippen LogP contribution is 2.20. The summed E-state index contributed by atoms with van der Waals surface area (Å²) < 4.78 is 0. The molecule has 0 unspecified atom stereocenters. The lowest BCUT2D eigenvalue weighted by Crippen LogP contribution is -1.86. The van der Waals surface area contributed by atoms with Crippen LogP contribution in [-0.4, -0.2) is 16.2 Å². The van der Waals surface area contributed by atoms with E-state index >= 15 is 0 Å². The van der Waals surface area contributed by atoms with Crippen LogP contribution in [0.15, 0.2) is 47.5 Å². The van der Waals surface area contributed by atoms with Crippen molar-refractivity contribution < 1.29 is 10.0 Å². The summed E-state index contributed by atoms with van der Waals surface area (Å²) in [6, 6.07) is 11.1. The van der Waals surface area contributed by atoms with Gasteiger partial charge in [-0.25, -0.2) is 0 Å². The minimum absolute atomic E-state index is 0.0253. The molecule has 0 saturated carbocycles. The van der Waals surface area contributed by atoms with Crippen LogP contribution in [0.3, 0.4) is 0 Å². The van der Waals surface area contributed by atoms with Gasteiger partial charge in [0.15, 0.2) is 0 Å². The second-order valence-electron chi connectivity index (χ2n) is 4.09. The summed E-state index contributed by atoms with van der Waals surface area (Å²) in [5.74, 6) is 0.149. The van der Waals surface area contributed by atoms with E-state index in [0.29, 0.717) is 11.3 Å². The van der Waals surface area contributed by atoms with Crippen LogP contribution in [-0.2, 0) is 0 Å². The van der Waals surface area contributed by atoms with E-state index in [0.717, 1.165) is 5.56 Å². The molecule has 5 heteroatoms. The number of phenolic OH excluding ortho intramolecular Hbond substituents is 1. The average Bonchev–Trinajstić information content (AvgIpc) is 2.40. The van der Waals surface area contributed by atoms with E-state index in [4.69, 9.17) is 0 Å². The van der Waals surface area contributed by atoms with E-state index in [2.05, 4.69) is 4.99 Å². The fourth-order valence-corrected chi connectivity index (χ4v) is 1.58. The summed E-state index contributed by atoms with van der Waals surface area (Å²) >= 11 is 0. The van der Waals surface area contributed by atoms with Crippen LogP contribution in [0.2, 0.25) is 0 Å². The van der Waals surface area contributed by atoms with Crippen LogP contribution in [0.5, 0.6) is 5.75 Å². The van der Waals surface area contributed by atoms with E-state index in [1.54, 1.807) is 24.3 Å². The van der Waals surface area contributed by atoms with Gasteiger partial charge in [-0.05, 0) is 31.2 Å². The van der Waals surface area contributed by atoms with Gasteiger partial charge in [0.05, 0.1) is 10.6 Å². The van der Waals surface area contributed by atoms with Gasteiger partial charge in [0.1, 0.15) is 5.75 Å². The zero-order chi connectivity index (χ0) is 13.8. The van der Waals surface area contributed by atoms with Gasteiger partial charge in [0.2, 0.25) is 0 Å². The van der Waals surface area contributed by atoms with Crippen LogP contribution in [0.1, 0.15) is 11.1 Å². The van der Waals surface area contributed by atoms with Crippen LogP contribution < -0.4 is 0 Å². The van der Waals surface area contributed by atoms with Gasteiger partial charge in [0.25, 0.3) is 5.69 Å². The lowest BCUT2D eigenvalue weighted by molar-refractivity contribution is -0.384. The highest BCUT2D eigenvalue weighted by molar-refractivity contribution is 5.85. The van der Waals surface area contributed by atoms with E-state index in [1.165, 1.54) is 18.3 Å². The Bertz CT molecular complexity index is 634. The molecule has 2 aromatic carbocycles. The maximum Gasteiger partial charge on any atom is 0.269 e. The van der Waals surface area contributed by atoms with Gasteiger partial charge in [0, 0.05) is 23.9 Å². The number of rotatable bonds is 3. The number of hydrogen-bond acceptors (Lipinski definition) is 4. The van der Waals surface area contributed by atoms with Crippen LogP contribution in [0.25, 0.3) is 0 Å². The van der Waals surface area contributed by atoms with Crippen molar-refractivity contribution in [3.63, 3.8) is 0 Å². The predicted molar refractivity (Wildman–Crippen MR) is 73.2 cm³/mol. The van der Waals surface area contributed by atoms with Crippen molar-refractivity contribution in [1.29, 1.82) is 0 Å². The van der Waals surface area contributed by atoms with E-state index in [1.807, 2.05) is 13.0 Å². The minimum atomic E-state index is -0.458. The molecule has 0 bridgehead atoms. The number of nitro groups is 1. The molecule has 0 atom stereocenters. The van der Waals surface area contributed by atoms with Gasteiger partial charge in [-0.2, -0.15) is 0 Å². The standard InChI is InChI=1S/C14H12N2O3/c1-10-2-7-14(17)11(8-10)9-15-12-3-5-13(6-4-12)16(18)19/h2-9,17H,1H3. The van der Waals surface area contributed by atoms with Crippen molar-refractivity contribution in [2.45, 2.75) is 6.92 Å². The summed E-state index contributed by atoms with van der Waals surface area (Å²) in [7, 11) is 0. The molecular weight excluding hydrogens is 244 g/mol. The maximum absolute atomic E-state index is 10.5. The van der Waals surface area contributed by atoms with Gasteiger partial charge in [-0.3, -0.25) is 15.1 Å². The number of non-ortho nitro benzene ring substituents is 1. The summed E-state index contributed by atoms with van der Waals surface area (Å²) in [5, 5.41) is 20.2. The first-order valence-corrected chi connectivity index (χ1v) is 5.64. The number of benzene rings is 2. The number of hydrogen-bond donors (Lipinski definition) is 1. The summed E-state index contributed by atoms with van der Waals surface area (Å²) in [5.41, 5.74) is 2.24. The Morgan fingerprint density at radius 3 is 2.53 bits per heavy atom. The van der Waals surface area contributed by atoms with Crippen molar-refractivity contribution in [3.05, 3.63) is 63.7 Å². The molecule has 0 saturated heterocycles. The zero-order valence-corrected chi connectivity index (χ0v) is 10.3. The topological polar surface area (TPSA) is 75.7 Å². The molecule has 0 amide bonds. The molecule has 96 valence electrons. The fraction of sp³-hybridized carbons (Fsp3) is 0.0714. The molecule has 5 nitrogen and oxygen atoms in total. The van der Waals surface area contributed by atoms with Crippen LogP contribution in [0.4, 0.5) is 11.4 Å². The number of phenols is 1. The SMILES string of the molecule is Cc1ccc(O)c(C=Nc2ccc([N+](=O)[O-])cc2)c1. The Morgan fingerprint density at radius 1 is 1.21 bits per heavy atom. The molecule has 0 spiro atoms. The maximum atomic E-state index is 10.5. The molecule has 0 aliphatic carbocycles. The van der Waals surface area contributed by atoms with Gasteiger partial charge in [-0.15, -0.1) is 0 Å². The number of nitro benzene ring substituents is 1. The number of nitrogens with zero attached hydrogens (tertiary/aromatic N) is 2. The van der Waals surface area contributed by atoms with Gasteiger partial charge >= 0.3 is 0 Å². The van der Waals surface area contributed by atoms with Crippen LogP contribution >= 0.6 is 0 Å². The second-order valence-corrected chi connectivity index (χ2v) is 4.09. The highest BCUT2D eigenvalue weighted by Gasteiger charge is 2.03. The third kappa shape index (κ3) is 3.16. The predicted octanol–water partition coefficient (Wildman–Crippen LogP) is 3.36. The van der Waals surface area contributed by atoms with Crippen LogP contribution in [0, 0.1) is 17.0 Å². The molecule has 0 aliphatic rings. The third-order valence-corrected chi connectivity index (χ3v) is 2.60. The summed E-state index contributed by atoms with van der Waals surface area (Å²) in [4.78, 5) is 14.2. The molecular formula is C14H12N2O3. The minimum Gasteiger partial charge on any atom is -0.507 e. The largest absolute Gasteiger partial charge is 0.507 e. The lowest BCUT2D eigenvalue weighted by atomic mass is 10.1. The fourth-order valence-electron chi connectivity index (χ4n) is 1.58. The molecule has 1 N–H and O–H groups in total. The molecule has 0 radical (unpaired) electrons. The Balaban J connectivity index is 2.22. The second kappa shape index (κ2) is 5.30. The van der Waals surface area contributed by atoms with Crippen molar-refractivity contribution in [3.8, 4) is 5.75 Å². The zero-order valence-electron chi connectivity index (χ0n) is 10.3. The number of aryl methyl sites for hydroxylation is 1. The van der Waals surface area contributed by atoms with Gasteiger partial charge < -0.3 is 5.11 Å². The number of aliphatic imine (C=N–C) groups is 1. The molecule has 0 aliphatic heterocycles. The van der Waals surface area contributed by atoms with Crippen molar-refractivity contribution in [1.82, 2.24) is 0 Å². The summed E-state index contributed by atoms with van der Waals surface area (Å²) in [6.45, 7) is 1.92. The molecule has 19 heavy (non-hydrogen) atoms. The van der Waals surface area contributed by atoms with Crippen molar-refractivity contribution in [2.75, 3.05) is 0 Å². The third-order valence-electron chi connectivity index (χ3n) is 2.60.